The van der Waals surface area contributed by atoms with Crippen molar-refractivity contribution in [1.29, 1.82) is 0 Å². The van der Waals surface area contributed by atoms with Crippen molar-refractivity contribution in [3.63, 3.8) is 0 Å². The summed E-state index contributed by atoms with van der Waals surface area (Å²) in [5.74, 6) is 1.36. The van der Waals surface area contributed by atoms with Crippen LogP contribution >= 0.6 is 0 Å². The average Bonchev–Trinajstić information content (AvgIpc) is 3.81. The van der Waals surface area contributed by atoms with Gasteiger partial charge in [0.05, 0.1) is 35.9 Å². The Hall–Kier alpha value is -4.44. The number of hydrogen-bond donors (Lipinski definition) is 5. The summed E-state index contributed by atoms with van der Waals surface area (Å²) in [4.78, 5) is 42.4. The summed E-state index contributed by atoms with van der Waals surface area (Å²) in [6, 6.07) is 16.2. The van der Waals surface area contributed by atoms with Gasteiger partial charge in [0.15, 0.2) is 0 Å². The van der Waals surface area contributed by atoms with E-state index in [0.717, 1.165) is 71.1 Å². The van der Waals surface area contributed by atoms with Crippen molar-refractivity contribution < 1.29 is 14.7 Å². The summed E-state index contributed by atoms with van der Waals surface area (Å²) in [6.45, 7) is 5.31. The third kappa shape index (κ3) is 5.67. The molecule has 2 amide bonds. The quantitative estimate of drug-likeness (QED) is 0.190. The maximum atomic E-state index is 13.3. The van der Waals surface area contributed by atoms with E-state index >= 15 is 0 Å². The van der Waals surface area contributed by atoms with Crippen LogP contribution in [0.25, 0.3) is 33.6 Å². The van der Waals surface area contributed by atoms with E-state index in [9.17, 15) is 14.7 Å². The fraction of sp³-hybridized carbons (Fsp3) is 0.375. The molecule has 5 N–H and O–H groups in total. The molecule has 4 aromatic rings. The van der Waals surface area contributed by atoms with Gasteiger partial charge in [-0.2, -0.15) is 0 Å². The standard InChI is InChI=1S/C32H37N7O3/c1-19(2)28(38-32(41)42)31(40)39-16-4-6-27(39)30-35-18-26(37-30)23-13-9-21(10-14-23)20-7-11-22(12-8-20)25-17-34-29(36-25)24-5-3-15-33-24/h7-14,17-19,24,27-28,33,38H,3-6,15-16H2,1-2H3,(H,34,36)(H,35,37)(H,41,42)/t24-,27?,28-/m0/s1. The van der Waals surface area contributed by atoms with Crippen LogP contribution in [-0.2, 0) is 4.79 Å². The number of H-pyrrole nitrogens is 2. The SMILES string of the molecule is CC(C)[C@H](NC(=O)O)C(=O)N1CCCC1c1ncc(-c2ccc(-c3ccc(-c4cnc([C@@H]5CCCN5)[nH]4)cc3)cc2)[nH]1. The van der Waals surface area contributed by atoms with Gasteiger partial charge in [-0.1, -0.05) is 62.4 Å². The van der Waals surface area contributed by atoms with E-state index in [4.69, 9.17) is 0 Å². The largest absolute Gasteiger partial charge is 0.465 e. The lowest BCUT2D eigenvalue weighted by Crippen LogP contribution is -2.50. The highest BCUT2D eigenvalue weighted by Gasteiger charge is 2.37. The monoisotopic (exact) mass is 567 g/mol. The molecule has 2 aromatic heterocycles. The first-order valence-electron chi connectivity index (χ1n) is 14.7. The third-order valence-corrected chi connectivity index (χ3v) is 8.37. The van der Waals surface area contributed by atoms with E-state index in [1.54, 1.807) is 11.1 Å². The highest BCUT2D eigenvalue weighted by Crippen LogP contribution is 2.33. The van der Waals surface area contributed by atoms with Crippen molar-refractivity contribution in [3.8, 4) is 33.6 Å². The number of likely N-dealkylation sites (tertiary alicyclic amines) is 1. The van der Waals surface area contributed by atoms with Crippen LogP contribution in [0, 0.1) is 5.92 Å². The lowest BCUT2D eigenvalue weighted by Gasteiger charge is -2.29. The number of nitrogens with one attached hydrogen (secondary N) is 4. The molecule has 3 atom stereocenters. The molecular formula is C32H37N7O3. The fourth-order valence-electron chi connectivity index (χ4n) is 6.06. The lowest BCUT2D eigenvalue weighted by molar-refractivity contribution is -0.135. The number of hydrogen-bond acceptors (Lipinski definition) is 5. The zero-order valence-corrected chi connectivity index (χ0v) is 23.9. The normalized spacial score (nSPS) is 19.4. The second-order valence-corrected chi connectivity index (χ2v) is 11.5. The molecule has 0 saturated carbocycles. The molecule has 0 spiro atoms. The molecule has 2 saturated heterocycles. The van der Waals surface area contributed by atoms with Crippen LogP contribution in [0.3, 0.4) is 0 Å². The van der Waals surface area contributed by atoms with Gasteiger partial charge in [-0.05, 0) is 60.4 Å². The molecule has 0 aliphatic carbocycles. The Morgan fingerprint density at radius 2 is 1.43 bits per heavy atom. The predicted octanol–water partition coefficient (Wildman–Crippen LogP) is 5.51. The van der Waals surface area contributed by atoms with Gasteiger partial charge < -0.3 is 30.6 Å². The molecule has 10 heteroatoms. The number of imidazole rings is 2. The van der Waals surface area contributed by atoms with Crippen LogP contribution in [-0.4, -0.2) is 61.1 Å². The predicted molar refractivity (Wildman–Crippen MR) is 160 cm³/mol. The molecule has 0 radical (unpaired) electrons. The van der Waals surface area contributed by atoms with Gasteiger partial charge in [-0.15, -0.1) is 0 Å². The van der Waals surface area contributed by atoms with E-state index in [0.29, 0.717) is 12.6 Å². The lowest BCUT2D eigenvalue weighted by atomic mass is 10.0. The summed E-state index contributed by atoms with van der Waals surface area (Å²) in [7, 11) is 0. The molecule has 10 nitrogen and oxygen atoms in total. The summed E-state index contributed by atoms with van der Waals surface area (Å²) in [5.41, 5.74) is 6.25. The minimum Gasteiger partial charge on any atom is -0.465 e. The number of carbonyl (C=O) groups excluding carboxylic acids is 1. The Kier molecular flexibility index (Phi) is 7.80. The molecule has 2 aromatic carbocycles. The first-order chi connectivity index (χ1) is 20.4. The second-order valence-electron chi connectivity index (χ2n) is 11.5. The molecule has 4 heterocycles. The Labute approximate surface area is 245 Å². The van der Waals surface area contributed by atoms with Gasteiger partial charge >= 0.3 is 6.09 Å². The summed E-state index contributed by atoms with van der Waals surface area (Å²) < 4.78 is 0. The highest BCUT2D eigenvalue weighted by atomic mass is 16.4. The summed E-state index contributed by atoms with van der Waals surface area (Å²) >= 11 is 0. The molecule has 0 bridgehead atoms. The van der Waals surface area contributed by atoms with E-state index in [1.165, 1.54) is 6.42 Å². The van der Waals surface area contributed by atoms with Gasteiger partial charge in [0.25, 0.3) is 0 Å². The fourth-order valence-corrected chi connectivity index (χ4v) is 6.06. The van der Waals surface area contributed by atoms with Crippen LogP contribution < -0.4 is 10.6 Å². The number of aromatic amines is 2. The van der Waals surface area contributed by atoms with Crippen LogP contribution in [0.5, 0.6) is 0 Å². The van der Waals surface area contributed by atoms with Gasteiger partial charge in [0, 0.05) is 6.54 Å². The van der Waals surface area contributed by atoms with Crippen LogP contribution in [0.1, 0.15) is 63.3 Å². The van der Waals surface area contributed by atoms with E-state index in [-0.39, 0.29) is 17.9 Å². The first-order valence-corrected chi connectivity index (χ1v) is 14.7. The van der Waals surface area contributed by atoms with Crippen LogP contribution in [0.4, 0.5) is 4.79 Å². The molecule has 2 fully saturated rings. The molecule has 2 aliphatic heterocycles. The molecule has 218 valence electrons. The van der Waals surface area contributed by atoms with Crippen molar-refractivity contribution >= 4 is 12.0 Å². The van der Waals surface area contributed by atoms with Crippen molar-refractivity contribution in [2.75, 3.05) is 13.1 Å². The maximum Gasteiger partial charge on any atom is 0.405 e. The van der Waals surface area contributed by atoms with E-state index < -0.39 is 12.1 Å². The van der Waals surface area contributed by atoms with Crippen molar-refractivity contribution in [2.45, 2.75) is 57.7 Å². The minimum absolute atomic E-state index is 0.158. The Morgan fingerprint density at radius 1 is 0.857 bits per heavy atom. The Morgan fingerprint density at radius 3 is 1.98 bits per heavy atom. The number of rotatable bonds is 8. The van der Waals surface area contributed by atoms with E-state index in [1.807, 2.05) is 20.0 Å². The summed E-state index contributed by atoms with van der Waals surface area (Å²) in [5, 5.41) is 15.1. The zero-order valence-electron chi connectivity index (χ0n) is 23.9. The Bertz CT molecular complexity index is 1530. The van der Waals surface area contributed by atoms with Crippen LogP contribution in [0.15, 0.2) is 60.9 Å². The summed E-state index contributed by atoms with van der Waals surface area (Å²) in [6.07, 6.45) is 6.44. The number of amides is 2. The van der Waals surface area contributed by atoms with E-state index in [2.05, 4.69) is 79.1 Å². The van der Waals surface area contributed by atoms with Crippen molar-refractivity contribution in [1.82, 2.24) is 35.5 Å². The minimum atomic E-state index is -1.19. The number of carbonyl (C=O) groups is 2. The topological polar surface area (TPSA) is 139 Å². The number of carboxylic acid groups (broad SMARTS) is 1. The molecule has 6 rings (SSSR count). The molecular weight excluding hydrogens is 530 g/mol. The van der Waals surface area contributed by atoms with Crippen LogP contribution in [0.2, 0.25) is 0 Å². The van der Waals surface area contributed by atoms with Gasteiger partial charge in [0.1, 0.15) is 17.7 Å². The molecule has 1 unspecified atom stereocenters. The number of benzene rings is 2. The number of nitrogens with zero attached hydrogens (tertiary/aromatic N) is 3. The smallest absolute Gasteiger partial charge is 0.405 e. The maximum absolute atomic E-state index is 13.3. The molecule has 42 heavy (non-hydrogen) atoms. The van der Waals surface area contributed by atoms with Gasteiger partial charge in [-0.25, -0.2) is 14.8 Å². The van der Waals surface area contributed by atoms with Gasteiger partial charge in [-0.3, -0.25) is 4.79 Å². The number of aromatic nitrogens is 4. The average molecular weight is 568 g/mol. The van der Waals surface area contributed by atoms with Crippen molar-refractivity contribution in [2.24, 2.45) is 5.92 Å². The zero-order chi connectivity index (χ0) is 29.2. The van der Waals surface area contributed by atoms with Gasteiger partial charge in [0.2, 0.25) is 5.91 Å². The molecule has 2 aliphatic rings. The van der Waals surface area contributed by atoms with Crippen molar-refractivity contribution in [3.05, 3.63) is 72.6 Å². The second kappa shape index (κ2) is 11.8. The highest BCUT2D eigenvalue weighted by molar-refractivity contribution is 5.86. The first kappa shape index (κ1) is 27.7. The Balaban J connectivity index is 1.13. The third-order valence-electron chi connectivity index (χ3n) is 8.37.